The molecule has 0 aromatic rings. The van der Waals surface area contributed by atoms with Crippen LogP contribution in [0.2, 0.25) is 0 Å². The molecule has 0 aromatic carbocycles. The third-order valence-corrected chi connectivity index (χ3v) is 2.29. The molecule has 4 N–H and O–H groups in total. The number of halogens is 2. The topological polar surface area (TPSA) is 115 Å². The highest BCUT2D eigenvalue weighted by atomic mass is 35.5. The van der Waals surface area contributed by atoms with Crippen LogP contribution in [0.4, 0.5) is 0 Å². The number of carboxylic acid groups (broad SMARTS) is 2. The lowest BCUT2D eigenvalue weighted by molar-refractivity contribution is -0.137. The lowest BCUT2D eigenvalue weighted by Crippen LogP contribution is -2.30. The molecular weight excluding hydrogens is 263 g/mol. The molecule has 0 radical (unpaired) electrons. The molecular formula is C8H10Cl2O6. The van der Waals surface area contributed by atoms with Crippen LogP contribution in [-0.4, -0.2) is 56.3 Å². The first-order valence-corrected chi connectivity index (χ1v) is 5.12. The average Bonchev–Trinajstić information content (AvgIpc) is 2.22. The summed E-state index contributed by atoms with van der Waals surface area (Å²) in [7, 11) is 0. The Morgan fingerprint density at radius 3 is 1.25 bits per heavy atom. The van der Waals surface area contributed by atoms with Crippen molar-refractivity contribution in [2.24, 2.45) is 0 Å². The highest BCUT2D eigenvalue weighted by Gasteiger charge is 2.30. The van der Waals surface area contributed by atoms with Crippen molar-refractivity contribution in [1.29, 1.82) is 0 Å². The van der Waals surface area contributed by atoms with Gasteiger partial charge in [-0.3, -0.25) is 0 Å². The summed E-state index contributed by atoms with van der Waals surface area (Å²) in [5, 5.41) is 36.0. The first-order chi connectivity index (χ1) is 7.36. The highest BCUT2D eigenvalue weighted by molar-refractivity contribution is 6.19. The van der Waals surface area contributed by atoms with Crippen molar-refractivity contribution in [2.45, 2.75) is 12.2 Å². The number of aliphatic carboxylic acids is 2. The van der Waals surface area contributed by atoms with Crippen LogP contribution < -0.4 is 0 Å². The Kier molecular flexibility index (Phi) is 6.35. The second-order valence-corrected chi connectivity index (χ2v) is 3.40. The molecule has 2 unspecified atom stereocenters. The van der Waals surface area contributed by atoms with E-state index >= 15 is 0 Å². The summed E-state index contributed by atoms with van der Waals surface area (Å²) in [5.74, 6) is -4.36. The summed E-state index contributed by atoms with van der Waals surface area (Å²) >= 11 is 10.5. The second-order valence-electron chi connectivity index (χ2n) is 2.78. The molecule has 92 valence electrons. The zero-order valence-electron chi connectivity index (χ0n) is 7.93. The lowest BCUT2D eigenvalue weighted by Gasteiger charge is -2.15. The van der Waals surface area contributed by atoms with E-state index in [2.05, 4.69) is 0 Å². The summed E-state index contributed by atoms with van der Waals surface area (Å²) in [6, 6.07) is 0. The molecule has 0 aromatic heterocycles. The maximum absolute atomic E-state index is 10.8. The maximum atomic E-state index is 10.8. The summed E-state index contributed by atoms with van der Waals surface area (Å²) < 4.78 is 0. The van der Waals surface area contributed by atoms with Gasteiger partial charge in [-0.2, -0.15) is 0 Å². The highest BCUT2D eigenvalue weighted by Crippen LogP contribution is 2.16. The molecule has 0 spiro atoms. The van der Waals surface area contributed by atoms with Gasteiger partial charge < -0.3 is 20.4 Å². The molecule has 0 aliphatic heterocycles. The van der Waals surface area contributed by atoms with Crippen LogP contribution in [0.15, 0.2) is 11.1 Å². The third-order valence-electron chi connectivity index (χ3n) is 1.71. The van der Waals surface area contributed by atoms with E-state index in [1.165, 1.54) is 0 Å². The van der Waals surface area contributed by atoms with Crippen LogP contribution in [0.1, 0.15) is 0 Å². The van der Waals surface area contributed by atoms with E-state index in [-0.39, 0.29) is 0 Å². The van der Waals surface area contributed by atoms with Crippen LogP contribution >= 0.6 is 23.2 Å². The van der Waals surface area contributed by atoms with Crippen molar-refractivity contribution in [2.75, 3.05) is 11.8 Å². The molecule has 0 saturated heterocycles. The lowest BCUT2D eigenvalue weighted by atomic mass is 10.00. The normalized spacial score (nSPS) is 16.2. The van der Waals surface area contributed by atoms with Gasteiger partial charge in [0.05, 0.1) is 22.9 Å². The van der Waals surface area contributed by atoms with Crippen LogP contribution in [0.25, 0.3) is 0 Å². The number of rotatable bonds is 6. The van der Waals surface area contributed by atoms with E-state index < -0.39 is 47.1 Å². The molecule has 0 rings (SSSR count). The number of carboxylic acids is 2. The minimum atomic E-state index is -1.69. The SMILES string of the molecule is O=C(O)/C(=C(/C(=O)O)C(O)CCl)C(O)CCl. The Bertz CT molecular complexity index is 284. The quantitative estimate of drug-likeness (QED) is 0.388. The van der Waals surface area contributed by atoms with E-state index in [1.807, 2.05) is 0 Å². The smallest absolute Gasteiger partial charge is 0.334 e. The molecule has 0 aliphatic carbocycles. The Balaban J connectivity index is 5.63. The Morgan fingerprint density at radius 1 is 0.875 bits per heavy atom. The molecule has 16 heavy (non-hydrogen) atoms. The van der Waals surface area contributed by atoms with Crippen molar-refractivity contribution < 1.29 is 30.0 Å². The molecule has 0 heterocycles. The van der Waals surface area contributed by atoms with E-state index in [1.54, 1.807) is 0 Å². The standard InChI is InChI=1S/C8H10Cl2O6/c9-1-3(11)5(7(13)14)6(8(15)16)4(12)2-10/h3-4,11-12H,1-2H2,(H,13,14)(H,15,16)/b6-5+. The van der Waals surface area contributed by atoms with Crippen molar-refractivity contribution in [3.05, 3.63) is 11.1 Å². The van der Waals surface area contributed by atoms with Crippen molar-refractivity contribution in [3.63, 3.8) is 0 Å². The van der Waals surface area contributed by atoms with Crippen LogP contribution in [0.5, 0.6) is 0 Å². The van der Waals surface area contributed by atoms with Crippen LogP contribution in [-0.2, 0) is 9.59 Å². The zero-order chi connectivity index (χ0) is 12.9. The van der Waals surface area contributed by atoms with E-state index in [0.717, 1.165) is 0 Å². The average molecular weight is 273 g/mol. The number of hydrogen-bond donors (Lipinski definition) is 4. The number of alkyl halides is 2. The molecule has 0 aliphatic rings. The molecule has 0 fully saturated rings. The minimum absolute atomic E-state index is 0.507. The molecule has 2 atom stereocenters. The molecule has 0 saturated carbocycles. The van der Waals surface area contributed by atoms with Crippen LogP contribution in [0.3, 0.4) is 0 Å². The van der Waals surface area contributed by atoms with E-state index in [0.29, 0.717) is 0 Å². The number of aliphatic hydroxyl groups excluding tert-OH is 2. The zero-order valence-corrected chi connectivity index (χ0v) is 9.44. The molecule has 0 bridgehead atoms. The second kappa shape index (κ2) is 6.70. The van der Waals surface area contributed by atoms with Crippen molar-refractivity contribution in [3.8, 4) is 0 Å². The van der Waals surface area contributed by atoms with E-state index in [4.69, 9.17) is 33.4 Å². The fourth-order valence-corrected chi connectivity index (χ4v) is 1.34. The molecule has 8 heteroatoms. The van der Waals surface area contributed by atoms with Gasteiger partial charge in [-0.25, -0.2) is 9.59 Å². The summed E-state index contributed by atoms with van der Waals surface area (Å²) in [4.78, 5) is 21.5. The largest absolute Gasteiger partial charge is 0.478 e. The number of aliphatic hydroxyl groups is 2. The maximum Gasteiger partial charge on any atom is 0.334 e. The summed E-state index contributed by atoms with van der Waals surface area (Å²) in [6.45, 7) is 0. The van der Waals surface area contributed by atoms with Gasteiger partial charge in [0.15, 0.2) is 0 Å². The number of hydrogen-bond acceptors (Lipinski definition) is 4. The summed E-state index contributed by atoms with van der Waals surface area (Å²) in [5.41, 5.74) is -1.73. The number of carbonyl (C=O) groups is 2. The van der Waals surface area contributed by atoms with Gasteiger partial charge in [-0.05, 0) is 0 Å². The van der Waals surface area contributed by atoms with Gasteiger partial charge >= 0.3 is 11.9 Å². The first-order valence-electron chi connectivity index (χ1n) is 4.05. The van der Waals surface area contributed by atoms with Crippen molar-refractivity contribution in [1.82, 2.24) is 0 Å². The predicted octanol–water partition coefficient (Wildman–Crippen LogP) is -0.348. The first kappa shape index (κ1) is 15.2. The van der Waals surface area contributed by atoms with Gasteiger partial charge in [-0.1, -0.05) is 0 Å². The fraction of sp³-hybridized carbons (Fsp3) is 0.500. The Hall–Kier alpha value is -0.820. The Labute approximate surface area is 101 Å². The van der Waals surface area contributed by atoms with Gasteiger partial charge in [0.1, 0.15) is 12.2 Å². The molecule has 6 nitrogen and oxygen atoms in total. The van der Waals surface area contributed by atoms with Gasteiger partial charge in [0.2, 0.25) is 0 Å². The van der Waals surface area contributed by atoms with Gasteiger partial charge in [0.25, 0.3) is 0 Å². The van der Waals surface area contributed by atoms with Gasteiger partial charge in [0, 0.05) is 0 Å². The van der Waals surface area contributed by atoms with E-state index in [9.17, 15) is 19.8 Å². The van der Waals surface area contributed by atoms with Crippen LogP contribution in [0, 0.1) is 0 Å². The minimum Gasteiger partial charge on any atom is -0.478 e. The Morgan fingerprint density at radius 2 is 1.12 bits per heavy atom. The van der Waals surface area contributed by atoms with Gasteiger partial charge in [-0.15, -0.1) is 23.2 Å². The molecule has 0 amide bonds. The predicted molar refractivity (Wildman–Crippen MR) is 55.8 cm³/mol. The van der Waals surface area contributed by atoms with Crippen molar-refractivity contribution >= 4 is 35.1 Å². The summed E-state index contributed by atoms with van der Waals surface area (Å²) in [6.07, 6.45) is -3.38. The fourth-order valence-electron chi connectivity index (χ4n) is 1.03. The monoisotopic (exact) mass is 272 g/mol. The third kappa shape index (κ3) is 3.64.